The van der Waals surface area contributed by atoms with E-state index in [0.717, 1.165) is 30.0 Å². The first-order valence-electron chi connectivity index (χ1n) is 5.92. The molecule has 16 heavy (non-hydrogen) atoms. The molecule has 0 N–H and O–H groups in total. The number of hydrogen-bond acceptors (Lipinski definition) is 2. The Hall–Kier alpha value is -1.38. The first-order chi connectivity index (χ1) is 7.56. The van der Waals surface area contributed by atoms with Crippen LogP contribution in [0.4, 0.5) is 0 Å². The molecule has 0 saturated carbocycles. The Morgan fingerprint density at radius 1 is 1.25 bits per heavy atom. The van der Waals surface area contributed by atoms with Crippen molar-refractivity contribution in [3.05, 3.63) is 29.8 Å². The van der Waals surface area contributed by atoms with E-state index in [0.29, 0.717) is 0 Å². The second kappa shape index (κ2) is 3.89. The highest BCUT2D eigenvalue weighted by Gasteiger charge is 2.21. The summed E-state index contributed by atoms with van der Waals surface area (Å²) in [4.78, 5) is 9.13. The molecule has 0 fully saturated rings. The van der Waals surface area contributed by atoms with Gasteiger partial charge >= 0.3 is 0 Å². The number of aryl methyl sites for hydroxylation is 1. The van der Waals surface area contributed by atoms with Gasteiger partial charge in [0.1, 0.15) is 0 Å². The summed E-state index contributed by atoms with van der Waals surface area (Å²) < 4.78 is 2.01. The molecule has 2 aromatic rings. The van der Waals surface area contributed by atoms with Crippen LogP contribution in [0.3, 0.4) is 0 Å². The lowest BCUT2D eigenvalue weighted by molar-refractivity contribution is 0.493. The van der Waals surface area contributed by atoms with E-state index in [1.807, 2.05) is 10.6 Å². The summed E-state index contributed by atoms with van der Waals surface area (Å²) in [6.07, 6.45) is 6.17. The van der Waals surface area contributed by atoms with E-state index >= 15 is 0 Å². The number of rotatable bonds is 3. The van der Waals surface area contributed by atoms with Gasteiger partial charge in [0.15, 0.2) is 0 Å². The molecule has 3 nitrogen and oxygen atoms in total. The van der Waals surface area contributed by atoms with Crippen LogP contribution in [0.2, 0.25) is 0 Å². The van der Waals surface area contributed by atoms with Gasteiger partial charge in [-0.3, -0.25) is 4.40 Å². The molecule has 0 unspecified atom stereocenters. The lowest BCUT2D eigenvalue weighted by atomic mass is 9.87. The van der Waals surface area contributed by atoms with Crippen molar-refractivity contribution in [3.8, 4) is 0 Å². The molecule has 2 rings (SSSR count). The smallest absolute Gasteiger partial charge is 0.234 e. The number of fused-ring (bicyclic) bond motifs is 1. The maximum atomic E-state index is 4.62. The van der Waals surface area contributed by atoms with Crippen LogP contribution >= 0.6 is 0 Å². The topological polar surface area (TPSA) is 30.2 Å². The molecule has 2 heterocycles. The van der Waals surface area contributed by atoms with E-state index in [9.17, 15) is 0 Å². The zero-order valence-corrected chi connectivity index (χ0v) is 10.5. The Morgan fingerprint density at radius 2 is 2.00 bits per heavy atom. The van der Waals surface area contributed by atoms with Crippen molar-refractivity contribution in [2.75, 3.05) is 0 Å². The van der Waals surface area contributed by atoms with Gasteiger partial charge in [0.25, 0.3) is 0 Å². The van der Waals surface area contributed by atoms with Crippen molar-refractivity contribution in [1.29, 1.82) is 0 Å². The zero-order valence-electron chi connectivity index (χ0n) is 10.5. The molecule has 0 spiro atoms. The molecule has 86 valence electrons. The molecule has 0 saturated heterocycles. The number of imidazole rings is 1. The van der Waals surface area contributed by atoms with Gasteiger partial charge in [-0.2, -0.15) is 0 Å². The Morgan fingerprint density at radius 3 is 2.62 bits per heavy atom. The van der Waals surface area contributed by atoms with Crippen molar-refractivity contribution in [2.45, 2.75) is 46.0 Å². The zero-order chi connectivity index (χ0) is 11.8. The molecule has 0 atom stereocenters. The maximum Gasteiger partial charge on any atom is 0.234 e. The minimum atomic E-state index is 0.125. The van der Waals surface area contributed by atoms with Gasteiger partial charge in [-0.25, -0.2) is 9.97 Å². The number of nitrogens with zero attached hydrogens (tertiary/aromatic N) is 3. The van der Waals surface area contributed by atoms with Crippen molar-refractivity contribution in [3.63, 3.8) is 0 Å². The predicted molar refractivity (Wildman–Crippen MR) is 65.7 cm³/mol. The molecule has 0 aliphatic rings. The fraction of sp³-hybridized carbons (Fsp3) is 0.538. The monoisotopic (exact) mass is 217 g/mol. The molecule has 0 bridgehead atoms. The summed E-state index contributed by atoms with van der Waals surface area (Å²) in [5, 5.41) is 0. The minimum Gasteiger partial charge on any atom is -0.291 e. The lowest BCUT2D eigenvalue weighted by Crippen LogP contribution is -2.15. The fourth-order valence-corrected chi connectivity index (χ4v) is 1.61. The third-order valence-corrected chi connectivity index (χ3v) is 3.32. The Kier molecular flexibility index (Phi) is 2.70. The Balaban J connectivity index is 2.52. The standard InChI is InChI=1S/C13H19N3/c1-5-10-7-8-16-9-11(13(3,4)6-2)15-12(16)14-10/h7-9H,5-6H2,1-4H3. The predicted octanol–water partition coefficient (Wildman–Crippen LogP) is 2.98. The highest BCUT2D eigenvalue weighted by atomic mass is 15.1. The summed E-state index contributed by atoms with van der Waals surface area (Å²) in [7, 11) is 0. The summed E-state index contributed by atoms with van der Waals surface area (Å²) >= 11 is 0. The molecule has 2 aromatic heterocycles. The van der Waals surface area contributed by atoms with Crippen molar-refractivity contribution < 1.29 is 0 Å². The van der Waals surface area contributed by atoms with Crippen LogP contribution in [0.15, 0.2) is 18.5 Å². The number of hydrogen-bond donors (Lipinski definition) is 0. The first kappa shape index (κ1) is 11.1. The molecule has 0 aliphatic carbocycles. The second-order valence-electron chi connectivity index (χ2n) is 4.84. The van der Waals surface area contributed by atoms with Crippen molar-refractivity contribution >= 4 is 5.78 Å². The number of aromatic nitrogens is 3. The van der Waals surface area contributed by atoms with Crippen LogP contribution in [-0.2, 0) is 11.8 Å². The van der Waals surface area contributed by atoms with Crippen LogP contribution < -0.4 is 0 Å². The van der Waals surface area contributed by atoms with Gasteiger partial charge in [0.05, 0.1) is 5.69 Å². The molecule has 0 radical (unpaired) electrons. The highest BCUT2D eigenvalue weighted by molar-refractivity contribution is 5.34. The summed E-state index contributed by atoms with van der Waals surface area (Å²) in [6.45, 7) is 8.73. The van der Waals surface area contributed by atoms with Crippen molar-refractivity contribution in [1.82, 2.24) is 14.4 Å². The SMILES string of the molecule is CCc1ccn2cc(C(C)(C)CC)nc2n1. The quantitative estimate of drug-likeness (QED) is 0.791. The van der Waals surface area contributed by atoms with Gasteiger partial charge in [-0.1, -0.05) is 27.7 Å². The molecular weight excluding hydrogens is 198 g/mol. The van der Waals surface area contributed by atoms with E-state index in [1.54, 1.807) is 0 Å². The molecule has 0 amide bonds. The maximum absolute atomic E-state index is 4.62. The molecular formula is C13H19N3. The van der Waals surface area contributed by atoms with E-state index in [1.165, 1.54) is 0 Å². The van der Waals surface area contributed by atoms with Gasteiger partial charge in [0.2, 0.25) is 5.78 Å². The average Bonchev–Trinajstić information content (AvgIpc) is 2.72. The van der Waals surface area contributed by atoms with Gasteiger partial charge in [-0.15, -0.1) is 0 Å². The average molecular weight is 217 g/mol. The van der Waals surface area contributed by atoms with Crippen molar-refractivity contribution in [2.24, 2.45) is 0 Å². The normalized spacial score (nSPS) is 12.2. The van der Waals surface area contributed by atoms with E-state index in [-0.39, 0.29) is 5.41 Å². The minimum absolute atomic E-state index is 0.125. The van der Waals surface area contributed by atoms with E-state index < -0.39 is 0 Å². The van der Waals surface area contributed by atoms with E-state index in [4.69, 9.17) is 0 Å². The third kappa shape index (κ3) is 1.82. The fourth-order valence-electron chi connectivity index (χ4n) is 1.61. The largest absolute Gasteiger partial charge is 0.291 e. The van der Waals surface area contributed by atoms with Crippen LogP contribution in [0.1, 0.15) is 45.5 Å². The van der Waals surface area contributed by atoms with Gasteiger partial charge < -0.3 is 0 Å². The van der Waals surface area contributed by atoms with Gasteiger partial charge in [-0.05, 0) is 18.9 Å². The third-order valence-electron chi connectivity index (χ3n) is 3.32. The second-order valence-corrected chi connectivity index (χ2v) is 4.84. The highest BCUT2D eigenvalue weighted by Crippen LogP contribution is 2.25. The Bertz CT molecular complexity index is 497. The van der Waals surface area contributed by atoms with Crippen LogP contribution in [0.5, 0.6) is 0 Å². The first-order valence-corrected chi connectivity index (χ1v) is 5.92. The summed E-state index contributed by atoms with van der Waals surface area (Å²) in [6, 6.07) is 2.05. The molecule has 0 aliphatic heterocycles. The van der Waals surface area contributed by atoms with Crippen LogP contribution in [0.25, 0.3) is 5.78 Å². The van der Waals surface area contributed by atoms with Gasteiger partial charge in [0, 0.05) is 23.5 Å². The van der Waals surface area contributed by atoms with Crippen LogP contribution in [0, 0.1) is 0 Å². The summed E-state index contributed by atoms with van der Waals surface area (Å²) in [5.74, 6) is 0.816. The summed E-state index contributed by atoms with van der Waals surface area (Å²) in [5.41, 5.74) is 2.34. The Labute approximate surface area is 96.5 Å². The molecule has 0 aromatic carbocycles. The lowest BCUT2D eigenvalue weighted by Gasteiger charge is -2.18. The van der Waals surface area contributed by atoms with E-state index in [2.05, 4.69) is 49.9 Å². The van der Waals surface area contributed by atoms with Crippen LogP contribution in [-0.4, -0.2) is 14.4 Å². The molecule has 3 heteroatoms.